The van der Waals surface area contributed by atoms with E-state index in [2.05, 4.69) is 5.32 Å². The molecular weight excluding hydrogens is 578 g/mol. The highest BCUT2D eigenvalue weighted by Gasteiger charge is 2.34. The van der Waals surface area contributed by atoms with Gasteiger partial charge in [-0.3, -0.25) is 13.9 Å². The largest absolute Gasteiger partial charge is 0.416 e. The van der Waals surface area contributed by atoms with E-state index < -0.39 is 51.9 Å². The fourth-order valence-corrected chi connectivity index (χ4v) is 4.74. The summed E-state index contributed by atoms with van der Waals surface area (Å²) in [5, 5.41) is 2.82. The van der Waals surface area contributed by atoms with Crippen molar-refractivity contribution in [3.05, 3.63) is 62.6 Å². The molecule has 2 aromatic carbocycles. The Labute approximate surface area is 228 Å². The summed E-state index contributed by atoms with van der Waals surface area (Å²) in [6.45, 7) is 3.79. The van der Waals surface area contributed by atoms with Crippen LogP contribution in [-0.4, -0.2) is 50.0 Å². The van der Waals surface area contributed by atoms with E-state index in [1.165, 1.54) is 19.1 Å². The first-order valence-corrected chi connectivity index (χ1v) is 13.8. The average molecular weight is 603 g/mol. The summed E-state index contributed by atoms with van der Waals surface area (Å²) in [4.78, 5) is 27.3. The van der Waals surface area contributed by atoms with E-state index in [0.717, 1.165) is 17.2 Å². The molecule has 1 atom stereocenters. The maximum Gasteiger partial charge on any atom is 0.416 e. The molecule has 0 aliphatic heterocycles. The van der Waals surface area contributed by atoms with Gasteiger partial charge in [-0.15, -0.1) is 0 Å². The van der Waals surface area contributed by atoms with Crippen LogP contribution in [0.5, 0.6) is 0 Å². The molecular formula is C23H25Cl3F3N3O4S. The van der Waals surface area contributed by atoms with E-state index in [-0.39, 0.29) is 27.7 Å². The molecule has 2 aromatic rings. The van der Waals surface area contributed by atoms with E-state index in [1.54, 1.807) is 19.9 Å². The van der Waals surface area contributed by atoms with Crippen LogP contribution < -0.4 is 9.62 Å². The number of anilines is 1. The minimum absolute atomic E-state index is 0.170. The lowest BCUT2D eigenvalue weighted by molar-refractivity contribution is -0.139. The predicted molar refractivity (Wildman–Crippen MR) is 138 cm³/mol. The Kier molecular flexibility index (Phi) is 10.1. The minimum atomic E-state index is -4.78. The summed E-state index contributed by atoms with van der Waals surface area (Å²) in [7, 11) is -4.29. The Morgan fingerprint density at radius 1 is 0.973 bits per heavy atom. The highest BCUT2D eigenvalue weighted by Crippen LogP contribution is 2.36. The summed E-state index contributed by atoms with van der Waals surface area (Å²) in [5.41, 5.74) is -1.19. The molecule has 0 bridgehead atoms. The molecule has 37 heavy (non-hydrogen) atoms. The summed E-state index contributed by atoms with van der Waals surface area (Å²) < 4.78 is 65.6. The van der Waals surface area contributed by atoms with Crippen LogP contribution in [0, 0.1) is 0 Å². The number of sulfonamides is 1. The Morgan fingerprint density at radius 2 is 1.57 bits per heavy atom. The lowest BCUT2D eigenvalue weighted by Crippen LogP contribution is -2.52. The number of carbonyl (C=O) groups excluding carboxylic acids is 2. The molecule has 0 fully saturated rings. The second-order valence-corrected chi connectivity index (χ2v) is 11.7. The van der Waals surface area contributed by atoms with Crippen LogP contribution in [0.3, 0.4) is 0 Å². The number of hydrogen-bond acceptors (Lipinski definition) is 4. The molecule has 1 N–H and O–H groups in total. The second-order valence-electron chi connectivity index (χ2n) is 8.54. The van der Waals surface area contributed by atoms with E-state index in [0.29, 0.717) is 22.0 Å². The lowest BCUT2D eigenvalue weighted by Gasteiger charge is -2.32. The van der Waals surface area contributed by atoms with Crippen LogP contribution >= 0.6 is 34.8 Å². The Hall–Kier alpha value is -2.21. The number of halogens is 6. The third-order valence-electron chi connectivity index (χ3n) is 5.16. The van der Waals surface area contributed by atoms with Gasteiger partial charge in [-0.1, -0.05) is 40.9 Å². The fraction of sp³-hybridized carbons (Fsp3) is 0.391. The number of benzene rings is 2. The molecule has 0 aromatic heterocycles. The van der Waals surface area contributed by atoms with Crippen molar-refractivity contribution in [3.63, 3.8) is 0 Å². The second kappa shape index (κ2) is 12.1. The van der Waals surface area contributed by atoms with E-state index in [4.69, 9.17) is 34.8 Å². The number of amides is 2. The van der Waals surface area contributed by atoms with Gasteiger partial charge in [0.25, 0.3) is 0 Å². The number of hydrogen-bond donors (Lipinski definition) is 1. The topological polar surface area (TPSA) is 86.8 Å². The van der Waals surface area contributed by atoms with Gasteiger partial charge in [0.05, 0.1) is 32.6 Å². The zero-order chi connectivity index (χ0) is 28.3. The standard InChI is InChI=1S/C23H25Cl3F3N3O4S/c1-13(2)30-22(34)14(3)31(11-15-5-7-17(24)19(26)9-15)21(33)12-32(37(4,35)36)20-10-16(23(27,28)29)6-8-18(20)25/h5-10,13-14H,11-12H2,1-4H3,(H,30,34)/t14-/m0/s1. The summed E-state index contributed by atoms with van der Waals surface area (Å²) in [6, 6.07) is 5.35. The zero-order valence-corrected chi connectivity index (χ0v) is 23.3. The maximum absolute atomic E-state index is 13.5. The van der Waals surface area contributed by atoms with E-state index in [1.807, 2.05) is 0 Å². The number of nitrogens with zero attached hydrogens (tertiary/aromatic N) is 2. The van der Waals surface area contributed by atoms with Crippen LogP contribution in [0.1, 0.15) is 31.9 Å². The number of nitrogens with one attached hydrogen (secondary N) is 1. The van der Waals surface area contributed by atoms with Crippen molar-refractivity contribution in [3.8, 4) is 0 Å². The zero-order valence-electron chi connectivity index (χ0n) is 20.2. The molecule has 14 heteroatoms. The highest BCUT2D eigenvalue weighted by molar-refractivity contribution is 7.92. The molecule has 0 saturated heterocycles. The van der Waals surface area contributed by atoms with Gasteiger partial charge in [0, 0.05) is 12.6 Å². The fourth-order valence-electron chi connectivity index (χ4n) is 3.30. The molecule has 2 rings (SSSR count). The predicted octanol–water partition coefficient (Wildman–Crippen LogP) is 5.37. The Balaban J connectivity index is 2.52. The van der Waals surface area contributed by atoms with Crippen molar-refractivity contribution in [2.24, 2.45) is 0 Å². The molecule has 0 saturated carbocycles. The highest BCUT2D eigenvalue weighted by atomic mass is 35.5. The average Bonchev–Trinajstić information content (AvgIpc) is 2.76. The third-order valence-corrected chi connectivity index (χ3v) is 7.34. The van der Waals surface area contributed by atoms with Crippen LogP contribution in [0.4, 0.5) is 18.9 Å². The molecule has 0 spiro atoms. The monoisotopic (exact) mass is 601 g/mol. The normalized spacial score (nSPS) is 12.8. The van der Waals surface area contributed by atoms with Gasteiger partial charge in [-0.2, -0.15) is 13.2 Å². The Bertz CT molecular complexity index is 1270. The van der Waals surface area contributed by atoms with Crippen molar-refractivity contribution in [2.45, 2.75) is 45.6 Å². The van der Waals surface area contributed by atoms with Gasteiger partial charge < -0.3 is 10.2 Å². The quantitative estimate of drug-likeness (QED) is 0.418. The number of rotatable bonds is 9. The van der Waals surface area contributed by atoms with Crippen molar-refractivity contribution in [1.29, 1.82) is 0 Å². The van der Waals surface area contributed by atoms with Gasteiger partial charge in [-0.05, 0) is 56.7 Å². The van der Waals surface area contributed by atoms with Crippen molar-refractivity contribution in [1.82, 2.24) is 10.2 Å². The molecule has 204 valence electrons. The molecule has 0 radical (unpaired) electrons. The molecule has 0 aliphatic rings. The van der Waals surface area contributed by atoms with Gasteiger partial charge in [0.2, 0.25) is 21.8 Å². The van der Waals surface area contributed by atoms with Crippen LogP contribution in [0.15, 0.2) is 36.4 Å². The van der Waals surface area contributed by atoms with Gasteiger partial charge in [0.15, 0.2) is 0 Å². The van der Waals surface area contributed by atoms with Crippen LogP contribution in [0.25, 0.3) is 0 Å². The molecule has 7 nitrogen and oxygen atoms in total. The van der Waals surface area contributed by atoms with Crippen molar-refractivity contribution < 1.29 is 31.2 Å². The van der Waals surface area contributed by atoms with Gasteiger partial charge in [-0.25, -0.2) is 8.42 Å². The first-order valence-electron chi connectivity index (χ1n) is 10.8. The summed E-state index contributed by atoms with van der Waals surface area (Å²) in [6.07, 6.45) is -4.05. The van der Waals surface area contributed by atoms with E-state index in [9.17, 15) is 31.2 Å². The first kappa shape index (κ1) is 31.0. The lowest BCUT2D eigenvalue weighted by atomic mass is 10.1. The molecule has 0 heterocycles. The maximum atomic E-state index is 13.5. The molecule has 2 amide bonds. The van der Waals surface area contributed by atoms with Crippen LogP contribution in [0.2, 0.25) is 15.1 Å². The summed E-state index contributed by atoms with van der Waals surface area (Å²) >= 11 is 18.1. The molecule has 0 unspecified atom stereocenters. The molecule has 0 aliphatic carbocycles. The number of carbonyl (C=O) groups is 2. The van der Waals surface area contributed by atoms with E-state index >= 15 is 0 Å². The smallest absolute Gasteiger partial charge is 0.352 e. The van der Waals surface area contributed by atoms with Gasteiger partial charge in [0.1, 0.15) is 12.6 Å². The minimum Gasteiger partial charge on any atom is -0.352 e. The number of alkyl halides is 3. The SMILES string of the molecule is CC(C)NC(=O)[C@H](C)N(Cc1ccc(Cl)c(Cl)c1)C(=O)CN(c1cc(C(F)(F)F)ccc1Cl)S(C)(=O)=O. The van der Waals surface area contributed by atoms with Crippen molar-refractivity contribution in [2.75, 3.05) is 17.1 Å². The Morgan fingerprint density at radius 3 is 2.08 bits per heavy atom. The first-order chi connectivity index (χ1) is 16.9. The summed E-state index contributed by atoms with van der Waals surface area (Å²) in [5.74, 6) is -1.39. The van der Waals surface area contributed by atoms with Crippen molar-refractivity contribution >= 4 is 62.3 Å². The third kappa shape index (κ3) is 8.39. The van der Waals surface area contributed by atoms with Gasteiger partial charge >= 0.3 is 6.18 Å². The van der Waals surface area contributed by atoms with Crippen LogP contribution in [-0.2, 0) is 32.3 Å².